The van der Waals surface area contributed by atoms with Crippen molar-refractivity contribution in [3.05, 3.63) is 60.2 Å². The van der Waals surface area contributed by atoms with E-state index in [9.17, 15) is 13.2 Å². The summed E-state index contributed by atoms with van der Waals surface area (Å²) < 4.78 is 26.9. The average molecular weight is 358 g/mol. The zero-order valence-corrected chi connectivity index (χ0v) is 15.0. The van der Waals surface area contributed by atoms with E-state index in [-0.39, 0.29) is 23.3 Å². The summed E-state index contributed by atoms with van der Waals surface area (Å²) in [6.45, 7) is 2.65. The quantitative estimate of drug-likeness (QED) is 0.913. The SMILES string of the molecule is Cc1ccc(NC(=O)[C@@H]2CCCN(S(=O)(=O)c3ccccc3)C2)cc1. The van der Waals surface area contributed by atoms with Gasteiger partial charge in [0.15, 0.2) is 0 Å². The van der Waals surface area contributed by atoms with E-state index in [2.05, 4.69) is 5.32 Å². The van der Waals surface area contributed by atoms with Crippen molar-refractivity contribution in [3.8, 4) is 0 Å². The Morgan fingerprint density at radius 2 is 1.76 bits per heavy atom. The number of nitrogens with one attached hydrogen (secondary N) is 1. The molecule has 1 N–H and O–H groups in total. The van der Waals surface area contributed by atoms with Gasteiger partial charge in [0, 0.05) is 18.8 Å². The summed E-state index contributed by atoms with van der Waals surface area (Å²) in [6, 6.07) is 16.0. The minimum Gasteiger partial charge on any atom is -0.326 e. The summed E-state index contributed by atoms with van der Waals surface area (Å²) in [5.41, 5.74) is 1.86. The molecule has 0 unspecified atom stereocenters. The number of aryl methyl sites for hydroxylation is 1. The van der Waals surface area contributed by atoms with E-state index in [1.54, 1.807) is 30.3 Å². The van der Waals surface area contributed by atoms with Crippen molar-refractivity contribution in [3.63, 3.8) is 0 Å². The van der Waals surface area contributed by atoms with E-state index < -0.39 is 10.0 Å². The number of nitrogens with zero attached hydrogens (tertiary/aromatic N) is 1. The summed E-state index contributed by atoms with van der Waals surface area (Å²) in [5.74, 6) is -0.467. The van der Waals surface area contributed by atoms with Crippen molar-refractivity contribution in [2.75, 3.05) is 18.4 Å². The third-order valence-corrected chi connectivity index (χ3v) is 6.33. The zero-order valence-electron chi connectivity index (χ0n) is 14.2. The number of carbonyl (C=O) groups excluding carboxylic acids is 1. The van der Waals surface area contributed by atoms with Gasteiger partial charge in [0.05, 0.1) is 10.8 Å². The maximum atomic E-state index is 12.7. The molecule has 6 heteroatoms. The third-order valence-electron chi connectivity index (χ3n) is 4.45. The van der Waals surface area contributed by atoms with Crippen molar-refractivity contribution >= 4 is 21.6 Å². The number of hydrogen-bond acceptors (Lipinski definition) is 3. The van der Waals surface area contributed by atoms with Gasteiger partial charge in [-0.1, -0.05) is 35.9 Å². The van der Waals surface area contributed by atoms with Crippen molar-refractivity contribution in [2.24, 2.45) is 5.92 Å². The molecule has 0 saturated carbocycles. The van der Waals surface area contributed by atoms with Crippen LogP contribution in [0, 0.1) is 12.8 Å². The van der Waals surface area contributed by atoms with Crippen LogP contribution in [-0.4, -0.2) is 31.7 Å². The molecule has 1 aliphatic heterocycles. The molecular weight excluding hydrogens is 336 g/mol. The van der Waals surface area contributed by atoms with Gasteiger partial charge in [0.2, 0.25) is 15.9 Å². The normalized spacial score (nSPS) is 18.7. The summed E-state index contributed by atoms with van der Waals surface area (Å²) in [5, 5.41) is 2.89. The molecule has 0 spiro atoms. The Labute approximate surface area is 148 Å². The summed E-state index contributed by atoms with van der Waals surface area (Å²) in [4.78, 5) is 12.8. The molecule has 1 fully saturated rings. The number of piperidine rings is 1. The van der Waals surface area contributed by atoms with Crippen molar-refractivity contribution in [2.45, 2.75) is 24.7 Å². The first-order chi connectivity index (χ1) is 12.0. The van der Waals surface area contributed by atoms with Crippen LogP contribution in [0.4, 0.5) is 5.69 Å². The second kappa shape index (κ2) is 7.37. The minimum atomic E-state index is -3.55. The molecule has 0 aromatic heterocycles. The van der Waals surface area contributed by atoms with Crippen LogP contribution in [0.1, 0.15) is 18.4 Å². The van der Waals surface area contributed by atoms with E-state index in [1.807, 2.05) is 31.2 Å². The lowest BCUT2D eigenvalue weighted by atomic mass is 9.98. The maximum Gasteiger partial charge on any atom is 0.243 e. The Morgan fingerprint density at radius 3 is 2.44 bits per heavy atom. The maximum absolute atomic E-state index is 12.7. The van der Waals surface area contributed by atoms with Crippen LogP contribution >= 0.6 is 0 Å². The Hall–Kier alpha value is -2.18. The van der Waals surface area contributed by atoms with Crippen molar-refractivity contribution in [1.29, 1.82) is 0 Å². The zero-order chi connectivity index (χ0) is 17.9. The summed E-state index contributed by atoms with van der Waals surface area (Å²) in [6.07, 6.45) is 1.37. The van der Waals surface area contributed by atoms with Crippen molar-refractivity contribution in [1.82, 2.24) is 4.31 Å². The smallest absolute Gasteiger partial charge is 0.243 e. The molecule has 2 aromatic rings. The van der Waals surface area contributed by atoms with Gasteiger partial charge in [-0.15, -0.1) is 0 Å². The Balaban J connectivity index is 1.70. The molecule has 1 saturated heterocycles. The van der Waals surface area contributed by atoms with Gasteiger partial charge in [-0.05, 0) is 44.0 Å². The fourth-order valence-electron chi connectivity index (χ4n) is 3.00. The lowest BCUT2D eigenvalue weighted by Crippen LogP contribution is -2.43. The van der Waals surface area contributed by atoms with Gasteiger partial charge in [0.25, 0.3) is 0 Å². The monoisotopic (exact) mass is 358 g/mol. The van der Waals surface area contributed by atoms with Crippen LogP contribution in [-0.2, 0) is 14.8 Å². The number of sulfonamides is 1. The first-order valence-electron chi connectivity index (χ1n) is 8.39. The number of carbonyl (C=O) groups is 1. The third kappa shape index (κ3) is 4.08. The predicted octanol–water partition coefficient (Wildman–Crippen LogP) is 3.03. The van der Waals surface area contributed by atoms with Crippen LogP contribution in [0.3, 0.4) is 0 Å². The fraction of sp³-hybridized carbons (Fsp3) is 0.316. The van der Waals surface area contributed by atoms with Crippen LogP contribution in [0.15, 0.2) is 59.5 Å². The lowest BCUT2D eigenvalue weighted by Gasteiger charge is -2.31. The molecule has 5 nitrogen and oxygen atoms in total. The molecule has 0 aliphatic carbocycles. The molecule has 2 aromatic carbocycles. The standard InChI is InChI=1S/C19H22N2O3S/c1-15-9-11-17(12-10-15)20-19(22)16-6-5-13-21(14-16)25(23,24)18-7-3-2-4-8-18/h2-4,7-12,16H,5-6,13-14H2,1H3,(H,20,22)/t16-/m1/s1. The van der Waals surface area contributed by atoms with Crippen LogP contribution < -0.4 is 5.32 Å². The van der Waals surface area contributed by atoms with Crippen LogP contribution in [0.5, 0.6) is 0 Å². The first kappa shape index (κ1) is 17.6. The van der Waals surface area contributed by atoms with Gasteiger partial charge >= 0.3 is 0 Å². The van der Waals surface area contributed by atoms with Gasteiger partial charge in [0.1, 0.15) is 0 Å². The van der Waals surface area contributed by atoms with Crippen LogP contribution in [0.2, 0.25) is 0 Å². The van der Waals surface area contributed by atoms with Gasteiger partial charge in [-0.25, -0.2) is 8.42 Å². The summed E-state index contributed by atoms with van der Waals surface area (Å²) >= 11 is 0. The molecule has 1 aliphatic rings. The van der Waals surface area contributed by atoms with Crippen LogP contribution in [0.25, 0.3) is 0 Å². The van der Waals surface area contributed by atoms with Gasteiger partial charge < -0.3 is 5.32 Å². The Kier molecular flexibility index (Phi) is 5.20. The number of hydrogen-bond donors (Lipinski definition) is 1. The molecule has 132 valence electrons. The highest BCUT2D eigenvalue weighted by molar-refractivity contribution is 7.89. The molecule has 1 atom stereocenters. The molecular formula is C19H22N2O3S. The number of anilines is 1. The predicted molar refractivity (Wildman–Crippen MR) is 97.7 cm³/mol. The van der Waals surface area contributed by atoms with E-state index in [4.69, 9.17) is 0 Å². The number of benzene rings is 2. The fourth-order valence-corrected chi connectivity index (χ4v) is 4.54. The first-order valence-corrected chi connectivity index (χ1v) is 9.83. The largest absolute Gasteiger partial charge is 0.326 e. The van der Waals surface area contributed by atoms with Gasteiger partial charge in [-0.2, -0.15) is 4.31 Å². The second-order valence-corrected chi connectivity index (χ2v) is 8.31. The number of amides is 1. The molecule has 3 rings (SSSR count). The van der Waals surface area contributed by atoms with E-state index in [1.165, 1.54) is 4.31 Å². The van der Waals surface area contributed by atoms with E-state index in [0.717, 1.165) is 11.3 Å². The van der Waals surface area contributed by atoms with Crippen molar-refractivity contribution < 1.29 is 13.2 Å². The minimum absolute atomic E-state index is 0.128. The highest BCUT2D eigenvalue weighted by Gasteiger charge is 2.33. The molecule has 25 heavy (non-hydrogen) atoms. The molecule has 1 amide bonds. The second-order valence-electron chi connectivity index (χ2n) is 6.37. The Morgan fingerprint density at radius 1 is 1.08 bits per heavy atom. The molecule has 0 radical (unpaired) electrons. The number of rotatable bonds is 4. The van der Waals surface area contributed by atoms with E-state index >= 15 is 0 Å². The summed E-state index contributed by atoms with van der Waals surface area (Å²) in [7, 11) is -3.55. The van der Waals surface area contributed by atoms with Gasteiger partial charge in [-0.3, -0.25) is 4.79 Å². The highest BCUT2D eigenvalue weighted by atomic mass is 32.2. The Bertz CT molecular complexity index is 833. The highest BCUT2D eigenvalue weighted by Crippen LogP contribution is 2.24. The topological polar surface area (TPSA) is 66.5 Å². The lowest BCUT2D eigenvalue weighted by molar-refractivity contribution is -0.120. The molecule has 0 bridgehead atoms. The van der Waals surface area contributed by atoms with E-state index in [0.29, 0.717) is 19.4 Å². The molecule has 1 heterocycles. The average Bonchev–Trinajstić information content (AvgIpc) is 2.64.